The van der Waals surface area contributed by atoms with Gasteiger partial charge in [-0.15, -0.1) is 4.83 Å². The smallest absolute Gasteiger partial charge is 0.422 e. The Morgan fingerprint density at radius 1 is 1.30 bits per heavy atom. The van der Waals surface area contributed by atoms with Gasteiger partial charge in [-0.2, -0.15) is 5.10 Å². The highest BCUT2D eigenvalue weighted by molar-refractivity contribution is 7.89. The molecule has 0 aromatic carbocycles. The maximum absolute atomic E-state index is 11.9. The number of aromatic amines is 1. The number of rotatable bonds is 6. The monoisotopic (exact) mass is 306 g/mol. The van der Waals surface area contributed by atoms with Crippen LogP contribution in [0.25, 0.3) is 0 Å². The molecule has 0 radical (unpaired) electrons. The van der Waals surface area contributed by atoms with Gasteiger partial charge in [-0.1, -0.05) is 0 Å². The Morgan fingerprint density at radius 3 is 2.55 bits per heavy atom. The number of carbonyl (C=O) groups is 2. The Kier molecular flexibility index (Phi) is 5.46. The third-order valence-electron chi connectivity index (χ3n) is 1.93. The van der Waals surface area contributed by atoms with Crippen LogP contribution in [0.15, 0.2) is 11.2 Å². The van der Waals surface area contributed by atoms with Crippen molar-refractivity contribution in [2.45, 2.75) is 18.9 Å². The van der Waals surface area contributed by atoms with E-state index in [-0.39, 0.29) is 18.8 Å². The second kappa shape index (κ2) is 6.86. The number of sulfonamides is 1. The first-order valence-electron chi connectivity index (χ1n) is 5.57. The Morgan fingerprint density at radius 2 is 1.95 bits per heavy atom. The quantitative estimate of drug-likeness (QED) is 0.476. The number of H-pyrrole nitrogens is 1. The summed E-state index contributed by atoms with van der Waals surface area (Å²) in [5, 5.41) is 5.09. The third-order valence-corrected chi connectivity index (χ3v) is 3.15. The molecule has 0 aliphatic rings. The van der Waals surface area contributed by atoms with Crippen molar-refractivity contribution >= 4 is 22.1 Å². The van der Waals surface area contributed by atoms with E-state index in [0.29, 0.717) is 0 Å². The van der Waals surface area contributed by atoms with E-state index < -0.39 is 27.1 Å². The second-order valence-corrected chi connectivity index (χ2v) is 4.90. The first kappa shape index (κ1) is 15.9. The molecule has 0 aliphatic carbocycles. The van der Waals surface area contributed by atoms with E-state index in [2.05, 4.69) is 19.7 Å². The molecule has 0 saturated carbocycles. The summed E-state index contributed by atoms with van der Waals surface area (Å²) in [5.41, 5.74) is 1.54. The summed E-state index contributed by atoms with van der Waals surface area (Å²) < 4.78 is 32.9. The summed E-state index contributed by atoms with van der Waals surface area (Å²) in [5.74, 6) is -0.849. The van der Waals surface area contributed by atoms with Gasteiger partial charge in [-0.25, -0.2) is 23.4 Å². The molecule has 1 heterocycles. The van der Waals surface area contributed by atoms with Gasteiger partial charge in [0.25, 0.3) is 10.0 Å². The van der Waals surface area contributed by atoms with Crippen molar-refractivity contribution in [3.8, 4) is 0 Å². The number of nitrogens with zero attached hydrogens (tertiary/aromatic N) is 1. The van der Waals surface area contributed by atoms with Crippen LogP contribution in [0.4, 0.5) is 4.79 Å². The molecule has 0 bridgehead atoms. The van der Waals surface area contributed by atoms with Gasteiger partial charge < -0.3 is 9.47 Å². The SMILES string of the molecule is CCOC(=O)NNS(=O)(=O)c1[nH]ncc1C(=O)OCC. The van der Waals surface area contributed by atoms with Crippen molar-refractivity contribution < 1.29 is 27.5 Å². The number of hydrazine groups is 1. The lowest BCUT2D eigenvalue weighted by molar-refractivity contribution is 0.0522. The van der Waals surface area contributed by atoms with Crippen LogP contribution in [0.2, 0.25) is 0 Å². The summed E-state index contributed by atoms with van der Waals surface area (Å²) in [6.07, 6.45) is 0.0324. The summed E-state index contributed by atoms with van der Waals surface area (Å²) in [4.78, 5) is 24.3. The van der Waals surface area contributed by atoms with Crippen LogP contribution < -0.4 is 10.3 Å². The van der Waals surface area contributed by atoms with E-state index in [9.17, 15) is 18.0 Å². The topological polar surface area (TPSA) is 139 Å². The van der Waals surface area contributed by atoms with E-state index in [4.69, 9.17) is 0 Å². The fraction of sp³-hybridized carbons (Fsp3) is 0.444. The molecule has 1 amide bonds. The van der Waals surface area contributed by atoms with Crippen LogP contribution >= 0.6 is 0 Å². The van der Waals surface area contributed by atoms with Gasteiger partial charge in [0.2, 0.25) is 0 Å². The number of esters is 1. The van der Waals surface area contributed by atoms with Crippen LogP contribution in [0.5, 0.6) is 0 Å². The minimum Gasteiger partial charge on any atom is -0.462 e. The second-order valence-electron chi connectivity index (χ2n) is 3.28. The van der Waals surface area contributed by atoms with Crippen molar-refractivity contribution in [2.75, 3.05) is 13.2 Å². The van der Waals surface area contributed by atoms with Crippen LogP contribution in [0.1, 0.15) is 24.2 Å². The molecule has 0 atom stereocenters. The average Bonchev–Trinajstić information content (AvgIpc) is 2.87. The van der Waals surface area contributed by atoms with E-state index >= 15 is 0 Å². The van der Waals surface area contributed by atoms with Gasteiger partial charge in [0.15, 0.2) is 5.03 Å². The zero-order chi connectivity index (χ0) is 15.2. The highest BCUT2D eigenvalue weighted by Crippen LogP contribution is 2.12. The normalized spacial score (nSPS) is 10.9. The molecule has 0 fully saturated rings. The zero-order valence-corrected chi connectivity index (χ0v) is 11.6. The molecule has 0 saturated heterocycles. The molecule has 1 aromatic heterocycles. The van der Waals surface area contributed by atoms with Crippen molar-refractivity contribution in [1.82, 2.24) is 20.5 Å². The van der Waals surface area contributed by atoms with Crippen molar-refractivity contribution in [3.63, 3.8) is 0 Å². The maximum atomic E-state index is 11.9. The van der Waals surface area contributed by atoms with Crippen LogP contribution in [0.3, 0.4) is 0 Å². The van der Waals surface area contributed by atoms with Crippen molar-refractivity contribution in [1.29, 1.82) is 0 Å². The molecular weight excluding hydrogens is 292 g/mol. The van der Waals surface area contributed by atoms with Crippen LogP contribution in [-0.2, 0) is 19.5 Å². The number of ether oxygens (including phenoxy) is 2. The number of carbonyl (C=O) groups excluding carboxylic acids is 2. The van der Waals surface area contributed by atoms with Gasteiger partial charge in [-0.3, -0.25) is 5.10 Å². The number of amides is 1. The Hall–Kier alpha value is -2.14. The minimum atomic E-state index is -4.21. The molecule has 1 rings (SSSR count). The Labute approximate surface area is 114 Å². The number of hydrogen-bond acceptors (Lipinski definition) is 7. The van der Waals surface area contributed by atoms with E-state index in [1.54, 1.807) is 18.7 Å². The summed E-state index contributed by atoms with van der Waals surface area (Å²) in [6, 6.07) is 0. The van der Waals surface area contributed by atoms with Gasteiger partial charge in [0.05, 0.1) is 19.4 Å². The molecule has 0 unspecified atom stereocenters. The van der Waals surface area contributed by atoms with Crippen LogP contribution in [0, 0.1) is 0 Å². The average molecular weight is 306 g/mol. The minimum absolute atomic E-state index is 0.0751. The number of hydrogen-bond donors (Lipinski definition) is 3. The summed E-state index contributed by atoms with van der Waals surface area (Å²) >= 11 is 0. The van der Waals surface area contributed by atoms with E-state index in [1.165, 1.54) is 0 Å². The molecule has 10 nitrogen and oxygen atoms in total. The van der Waals surface area contributed by atoms with E-state index in [1.807, 2.05) is 5.43 Å². The summed E-state index contributed by atoms with van der Waals surface area (Å²) in [7, 11) is -4.21. The standard InChI is InChI=1S/C9H14N4O6S/c1-3-18-8(14)6-5-10-11-7(6)20(16,17)13-12-9(15)19-4-2/h5,13H,3-4H2,1-2H3,(H,10,11)(H,12,15). The van der Waals surface area contributed by atoms with Gasteiger partial charge >= 0.3 is 12.1 Å². The van der Waals surface area contributed by atoms with Crippen molar-refractivity contribution in [2.24, 2.45) is 0 Å². The predicted molar refractivity (Wildman–Crippen MR) is 65.0 cm³/mol. The lowest BCUT2D eigenvalue weighted by Crippen LogP contribution is -2.42. The number of nitrogens with one attached hydrogen (secondary N) is 3. The molecule has 3 N–H and O–H groups in total. The first-order chi connectivity index (χ1) is 9.42. The summed E-state index contributed by atoms with van der Waals surface area (Å²) in [6.45, 7) is 3.29. The predicted octanol–water partition coefficient (Wildman–Crippen LogP) is -0.474. The molecule has 0 spiro atoms. The molecule has 112 valence electrons. The van der Waals surface area contributed by atoms with Gasteiger partial charge in [0.1, 0.15) is 5.56 Å². The molecule has 0 aliphatic heterocycles. The molecule has 20 heavy (non-hydrogen) atoms. The van der Waals surface area contributed by atoms with Gasteiger partial charge in [-0.05, 0) is 13.8 Å². The highest BCUT2D eigenvalue weighted by atomic mass is 32.2. The molecule has 1 aromatic rings. The fourth-order valence-corrected chi connectivity index (χ4v) is 2.08. The Balaban J connectivity index is 2.86. The highest BCUT2D eigenvalue weighted by Gasteiger charge is 2.26. The number of aromatic nitrogens is 2. The van der Waals surface area contributed by atoms with Gasteiger partial charge in [0, 0.05) is 0 Å². The van der Waals surface area contributed by atoms with Crippen molar-refractivity contribution in [3.05, 3.63) is 11.8 Å². The largest absolute Gasteiger partial charge is 0.462 e. The fourth-order valence-electron chi connectivity index (χ4n) is 1.16. The molecule has 11 heteroatoms. The maximum Gasteiger partial charge on any atom is 0.422 e. The lowest BCUT2D eigenvalue weighted by atomic mass is 10.4. The van der Waals surface area contributed by atoms with Crippen LogP contribution in [-0.4, -0.2) is 43.9 Å². The third kappa shape index (κ3) is 3.93. The lowest BCUT2D eigenvalue weighted by Gasteiger charge is -2.08. The first-order valence-corrected chi connectivity index (χ1v) is 7.05. The molecular formula is C9H14N4O6S. The zero-order valence-electron chi connectivity index (χ0n) is 10.8. The van der Waals surface area contributed by atoms with E-state index in [0.717, 1.165) is 6.20 Å². The Bertz CT molecular complexity index is 581.